The number of nitrogens with one attached hydrogen (secondary N) is 1. The summed E-state index contributed by atoms with van der Waals surface area (Å²) in [5.41, 5.74) is 1.15. The van der Waals surface area contributed by atoms with Crippen LogP contribution in [0.25, 0.3) is 0 Å². The molecule has 1 aromatic carbocycles. The number of unbranched alkanes of at least 4 members (excludes halogenated alkanes) is 1. The first kappa shape index (κ1) is 17.7. The van der Waals surface area contributed by atoms with E-state index in [0.29, 0.717) is 23.3 Å². The Hall–Kier alpha value is -0.320. The maximum absolute atomic E-state index is 6.02. The van der Waals surface area contributed by atoms with Gasteiger partial charge in [0.05, 0.1) is 23.3 Å². The number of rotatable bonds is 10. The highest BCUT2D eigenvalue weighted by molar-refractivity contribution is 6.42. The van der Waals surface area contributed by atoms with Gasteiger partial charge in [-0.25, -0.2) is 0 Å². The molecule has 1 rings (SSSR count). The summed E-state index contributed by atoms with van der Waals surface area (Å²) in [7, 11) is 1.68. The number of methoxy groups -OCH3 is 1. The van der Waals surface area contributed by atoms with Gasteiger partial charge >= 0.3 is 0 Å². The molecule has 0 aliphatic rings. The van der Waals surface area contributed by atoms with Crippen molar-refractivity contribution in [2.45, 2.75) is 25.8 Å². The lowest BCUT2D eigenvalue weighted by Gasteiger charge is -2.15. The van der Waals surface area contributed by atoms with Crippen LogP contribution in [0.3, 0.4) is 0 Å². The van der Waals surface area contributed by atoms with E-state index in [1.54, 1.807) is 7.11 Å². The van der Waals surface area contributed by atoms with Crippen molar-refractivity contribution in [3.8, 4) is 0 Å². The third-order valence-corrected chi connectivity index (χ3v) is 3.78. The summed E-state index contributed by atoms with van der Waals surface area (Å²) in [5, 5.41) is 4.66. The Kier molecular flexibility index (Phi) is 9.23. The second-order valence-electron chi connectivity index (χ2n) is 4.66. The molecule has 3 nitrogen and oxygen atoms in total. The van der Waals surface area contributed by atoms with E-state index in [1.165, 1.54) is 0 Å². The molecule has 114 valence electrons. The predicted octanol–water partition coefficient (Wildman–Crippen LogP) is 4.09. The minimum Gasteiger partial charge on any atom is -0.382 e. The van der Waals surface area contributed by atoms with Crippen molar-refractivity contribution >= 4 is 23.2 Å². The molecule has 0 radical (unpaired) electrons. The standard InChI is InChI=1S/C15H23Cl2NO2/c1-12(13-5-6-14(16)15(17)11-13)18-7-3-4-8-20-10-9-19-2/h5-6,11-12,18H,3-4,7-10H2,1-2H3. The molecule has 1 atom stereocenters. The fourth-order valence-electron chi connectivity index (χ4n) is 1.79. The van der Waals surface area contributed by atoms with Crippen molar-refractivity contribution in [3.05, 3.63) is 33.8 Å². The van der Waals surface area contributed by atoms with Crippen LogP contribution in [-0.4, -0.2) is 33.5 Å². The van der Waals surface area contributed by atoms with Gasteiger partial charge in [0.15, 0.2) is 0 Å². The van der Waals surface area contributed by atoms with Crippen LogP contribution in [0.5, 0.6) is 0 Å². The van der Waals surface area contributed by atoms with Gasteiger partial charge in [-0.15, -0.1) is 0 Å². The zero-order valence-electron chi connectivity index (χ0n) is 12.1. The van der Waals surface area contributed by atoms with Crippen molar-refractivity contribution in [3.63, 3.8) is 0 Å². The van der Waals surface area contributed by atoms with E-state index in [-0.39, 0.29) is 6.04 Å². The Balaban J connectivity index is 2.13. The zero-order chi connectivity index (χ0) is 14.8. The van der Waals surface area contributed by atoms with Gasteiger partial charge < -0.3 is 14.8 Å². The molecule has 5 heteroatoms. The predicted molar refractivity (Wildman–Crippen MR) is 84.8 cm³/mol. The van der Waals surface area contributed by atoms with Gasteiger partial charge in [-0.2, -0.15) is 0 Å². The van der Waals surface area contributed by atoms with Crippen LogP contribution >= 0.6 is 23.2 Å². The minimum atomic E-state index is 0.263. The summed E-state index contributed by atoms with van der Waals surface area (Å²) >= 11 is 11.9. The third-order valence-electron chi connectivity index (χ3n) is 3.04. The molecule has 1 aromatic rings. The highest BCUT2D eigenvalue weighted by atomic mass is 35.5. The Labute approximate surface area is 131 Å². The second-order valence-corrected chi connectivity index (χ2v) is 5.48. The van der Waals surface area contributed by atoms with Gasteiger partial charge in [0.25, 0.3) is 0 Å². The van der Waals surface area contributed by atoms with Gasteiger partial charge in [0, 0.05) is 19.8 Å². The molecule has 0 fully saturated rings. The van der Waals surface area contributed by atoms with Crippen molar-refractivity contribution in [2.24, 2.45) is 0 Å². The van der Waals surface area contributed by atoms with E-state index >= 15 is 0 Å². The van der Waals surface area contributed by atoms with E-state index in [1.807, 2.05) is 18.2 Å². The fraction of sp³-hybridized carbons (Fsp3) is 0.600. The van der Waals surface area contributed by atoms with E-state index in [2.05, 4.69) is 12.2 Å². The topological polar surface area (TPSA) is 30.5 Å². The van der Waals surface area contributed by atoms with Gasteiger partial charge in [0.2, 0.25) is 0 Å². The molecule has 0 bridgehead atoms. The molecular weight excluding hydrogens is 297 g/mol. The van der Waals surface area contributed by atoms with E-state index in [0.717, 1.165) is 31.6 Å². The zero-order valence-corrected chi connectivity index (χ0v) is 13.6. The molecule has 0 aliphatic carbocycles. The van der Waals surface area contributed by atoms with E-state index < -0.39 is 0 Å². The SMILES string of the molecule is COCCOCCCCNC(C)c1ccc(Cl)c(Cl)c1. The van der Waals surface area contributed by atoms with E-state index in [9.17, 15) is 0 Å². The molecule has 0 saturated heterocycles. The molecule has 0 amide bonds. The first-order valence-corrected chi connectivity index (χ1v) is 7.65. The molecule has 1 unspecified atom stereocenters. The van der Waals surface area contributed by atoms with Gasteiger partial charge in [0.1, 0.15) is 0 Å². The lowest BCUT2D eigenvalue weighted by Crippen LogP contribution is -2.20. The lowest BCUT2D eigenvalue weighted by atomic mass is 10.1. The number of hydrogen-bond donors (Lipinski definition) is 1. The molecule has 1 N–H and O–H groups in total. The van der Waals surface area contributed by atoms with Gasteiger partial charge in [-0.05, 0) is 44.0 Å². The van der Waals surface area contributed by atoms with Crippen LogP contribution < -0.4 is 5.32 Å². The average Bonchev–Trinajstić information content (AvgIpc) is 2.44. The highest BCUT2D eigenvalue weighted by Gasteiger charge is 2.06. The van der Waals surface area contributed by atoms with Crippen LogP contribution in [-0.2, 0) is 9.47 Å². The van der Waals surface area contributed by atoms with Crippen LogP contribution in [0.1, 0.15) is 31.4 Å². The van der Waals surface area contributed by atoms with Crippen LogP contribution in [0.4, 0.5) is 0 Å². The Morgan fingerprint density at radius 1 is 1.10 bits per heavy atom. The molecule has 0 aliphatic heterocycles. The molecule has 20 heavy (non-hydrogen) atoms. The van der Waals surface area contributed by atoms with Crippen LogP contribution in [0.15, 0.2) is 18.2 Å². The fourth-order valence-corrected chi connectivity index (χ4v) is 2.10. The average molecular weight is 320 g/mol. The first-order valence-electron chi connectivity index (χ1n) is 6.90. The Morgan fingerprint density at radius 3 is 2.60 bits per heavy atom. The number of halogens is 2. The lowest BCUT2D eigenvalue weighted by molar-refractivity contribution is 0.0687. The maximum Gasteiger partial charge on any atom is 0.0700 e. The summed E-state index contributed by atoms with van der Waals surface area (Å²) in [5.74, 6) is 0. The molecule has 0 heterocycles. The van der Waals surface area contributed by atoms with Gasteiger partial charge in [-0.3, -0.25) is 0 Å². The third kappa shape index (κ3) is 6.91. The summed E-state index contributed by atoms with van der Waals surface area (Å²) < 4.78 is 10.3. The van der Waals surface area contributed by atoms with Crippen molar-refractivity contribution in [2.75, 3.05) is 33.5 Å². The van der Waals surface area contributed by atoms with Crippen LogP contribution in [0, 0.1) is 0 Å². The van der Waals surface area contributed by atoms with E-state index in [4.69, 9.17) is 32.7 Å². The molecule has 0 spiro atoms. The Morgan fingerprint density at radius 2 is 1.90 bits per heavy atom. The minimum absolute atomic E-state index is 0.263. The summed E-state index contributed by atoms with van der Waals surface area (Å²) in [6.07, 6.45) is 2.13. The monoisotopic (exact) mass is 319 g/mol. The maximum atomic E-state index is 6.02. The number of ether oxygens (including phenoxy) is 2. The smallest absolute Gasteiger partial charge is 0.0700 e. The van der Waals surface area contributed by atoms with Crippen LogP contribution in [0.2, 0.25) is 10.0 Å². The number of benzene rings is 1. The summed E-state index contributed by atoms with van der Waals surface area (Å²) in [4.78, 5) is 0. The molecule has 0 aromatic heterocycles. The molecular formula is C15H23Cl2NO2. The first-order chi connectivity index (χ1) is 9.65. The summed E-state index contributed by atoms with van der Waals surface area (Å²) in [6.45, 7) is 5.19. The summed E-state index contributed by atoms with van der Waals surface area (Å²) in [6, 6.07) is 6.01. The molecule has 0 saturated carbocycles. The van der Waals surface area contributed by atoms with Crippen molar-refractivity contribution in [1.82, 2.24) is 5.32 Å². The van der Waals surface area contributed by atoms with Crippen molar-refractivity contribution in [1.29, 1.82) is 0 Å². The quantitative estimate of drug-likeness (QED) is 0.659. The Bertz CT molecular complexity index is 388. The second kappa shape index (κ2) is 10.4. The highest BCUT2D eigenvalue weighted by Crippen LogP contribution is 2.25. The van der Waals surface area contributed by atoms with Gasteiger partial charge in [-0.1, -0.05) is 29.3 Å². The largest absolute Gasteiger partial charge is 0.382 e. The normalized spacial score (nSPS) is 12.6. The number of hydrogen-bond acceptors (Lipinski definition) is 3. The van der Waals surface area contributed by atoms with Crippen molar-refractivity contribution < 1.29 is 9.47 Å².